The maximum Gasteiger partial charge on any atom is 0.410 e. The highest BCUT2D eigenvalue weighted by atomic mass is 32.2. The quantitative estimate of drug-likeness (QED) is 0.0544. The summed E-state index contributed by atoms with van der Waals surface area (Å²) < 4.78 is 10.1. The number of likely N-dealkylation sites (tertiary alicyclic amines) is 1. The number of hydrogen-bond donors (Lipinski definition) is 6. The standard InChI is InChI=1S/C73H98N10O12S/c1-42(80(14)68(92)94-71(6,7)8)60(84)78-58(70(3,4)5)66(90)83-41-51(39-57(83)65(89)77-55-30-22-26-45-24-18-20-28-53(45)55)75-63(87)47-33-31-46(32-34-47)62(86)74-50-36-35-48-38-56(64(88)76-54-29-21-25-44-23-17-19-27-52(44)54)82(40-49(48)37-50)67(91)59(73(12,13)96-16)79-61(85)43(2)81(15)69(93)95-72(9,10)11/h17-20,23-24,27-28,31-37,42-43,51,54-59H,21-22,25-26,29-30,38-41H2,1-16H3,(H,74,86)(H,75,87)(H,76,88)(H,77,89)(H,78,84)(H,79,85)/t42-,43-,51-,54+,55?,56-,57-,58+,59+/m0/s1. The van der Waals surface area contributed by atoms with Gasteiger partial charge in [-0.15, -0.1) is 0 Å². The summed E-state index contributed by atoms with van der Waals surface area (Å²) in [6.07, 6.45) is 5.45. The molecule has 0 bridgehead atoms. The molecule has 2 aliphatic heterocycles. The van der Waals surface area contributed by atoms with E-state index in [0.29, 0.717) is 24.1 Å². The van der Waals surface area contributed by atoms with Crippen molar-refractivity contribution in [1.82, 2.24) is 46.2 Å². The van der Waals surface area contributed by atoms with Gasteiger partial charge in [0.2, 0.25) is 35.4 Å². The lowest BCUT2D eigenvalue weighted by molar-refractivity contribution is -0.145. The molecule has 4 aliphatic rings. The molecule has 10 amide bonds. The molecule has 2 heterocycles. The van der Waals surface area contributed by atoms with E-state index in [1.807, 2.05) is 68.6 Å². The zero-order chi connectivity index (χ0) is 70.5. The highest BCUT2D eigenvalue weighted by molar-refractivity contribution is 8.00. The first-order valence-electron chi connectivity index (χ1n) is 33.2. The Balaban J connectivity index is 0.993. The number of carbonyl (C=O) groups excluding carboxylic acids is 10. The predicted molar refractivity (Wildman–Crippen MR) is 369 cm³/mol. The maximum atomic E-state index is 15.4. The molecular weight excluding hydrogens is 1240 g/mol. The summed E-state index contributed by atoms with van der Waals surface area (Å²) in [5, 5.41) is 18.3. The first-order valence-corrected chi connectivity index (χ1v) is 34.5. The second-order valence-electron chi connectivity index (χ2n) is 29.5. The highest BCUT2D eigenvalue weighted by Gasteiger charge is 2.48. The van der Waals surface area contributed by atoms with Gasteiger partial charge in [-0.2, -0.15) is 11.8 Å². The van der Waals surface area contributed by atoms with Crippen molar-refractivity contribution in [1.29, 1.82) is 0 Å². The number of fused-ring (bicyclic) bond motifs is 3. The number of nitrogens with zero attached hydrogens (tertiary/aromatic N) is 4. The van der Waals surface area contributed by atoms with Crippen LogP contribution in [0.3, 0.4) is 0 Å². The van der Waals surface area contributed by atoms with Crippen LogP contribution in [0, 0.1) is 5.41 Å². The SMILES string of the molecule is CSC(C)(C)[C@H](NC(=O)[C@H](C)N(C)C(=O)OC(C)(C)C)C(=O)N1Cc2cc(NC(=O)c3ccc(C(=O)N[C@H]4C[C@@H](C(=O)NC5CCCc6ccccc65)N(C(=O)[C@@H](NC(=O)[C@H](C)N(C)C(=O)OC(C)(C)C)C(C)(C)C)C4)cc3)ccc2C[C@H]1C(=O)N[C@@H]1CCCc2ccccc21. The molecule has 9 atom stereocenters. The smallest absolute Gasteiger partial charge is 0.410 e. The molecule has 1 saturated heterocycles. The minimum Gasteiger partial charge on any atom is -0.444 e. The molecule has 1 unspecified atom stereocenters. The number of aryl methyl sites for hydroxylation is 2. The van der Waals surface area contributed by atoms with Gasteiger partial charge in [-0.25, -0.2) is 9.59 Å². The van der Waals surface area contributed by atoms with Crippen molar-refractivity contribution in [3.63, 3.8) is 0 Å². The summed E-state index contributed by atoms with van der Waals surface area (Å²) in [4.78, 5) is 148. The van der Waals surface area contributed by atoms with Crippen molar-refractivity contribution >= 4 is 76.9 Å². The molecule has 23 heteroatoms. The maximum absolute atomic E-state index is 15.4. The molecule has 6 N–H and O–H groups in total. The van der Waals surface area contributed by atoms with Gasteiger partial charge in [-0.1, -0.05) is 75.4 Å². The lowest BCUT2D eigenvalue weighted by Crippen LogP contribution is -2.63. The van der Waals surface area contributed by atoms with Crippen molar-refractivity contribution in [2.75, 3.05) is 32.2 Å². The van der Waals surface area contributed by atoms with E-state index in [9.17, 15) is 38.4 Å². The molecule has 0 saturated carbocycles. The summed E-state index contributed by atoms with van der Waals surface area (Å²) in [6.45, 7) is 22.3. The second kappa shape index (κ2) is 29.9. The van der Waals surface area contributed by atoms with Gasteiger partial charge in [0.1, 0.15) is 47.5 Å². The van der Waals surface area contributed by atoms with Crippen LogP contribution in [0.1, 0.15) is 188 Å². The predicted octanol–water partition coefficient (Wildman–Crippen LogP) is 8.95. The Morgan fingerprint density at radius 2 is 1.02 bits per heavy atom. The van der Waals surface area contributed by atoms with Crippen LogP contribution in [0.2, 0.25) is 0 Å². The Bertz CT molecular complexity index is 3590. The van der Waals surface area contributed by atoms with Crippen LogP contribution in [0.25, 0.3) is 0 Å². The Morgan fingerprint density at radius 3 is 1.51 bits per heavy atom. The van der Waals surface area contributed by atoms with Gasteiger partial charge >= 0.3 is 12.2 Å². The van der Waals surface area contributed by atoms with Crippen molar-refractivity contribution in [3.8, 4) is 0 Å². The molecular formula is C73H98N10O12S. The zero-order valence-electron chi connectivity index (χ0n) is 58.5. The van der Waals surface area contributed by atoms with Crippen molar-refractivity contribution in [2.45, 2.75) is 218 Å². The number of likely N-dealkylation sites (N-methyl/N-ethyl adjacent to an activating group) is 2. The molecule has 518 valence electrons. The third-order valence-corrected chi connectivity index (χ3v) is 19.9. The number of benzene rings is 4. The number of thioether (sulfide) groups is 1. The average Bonchev–Trinajstić information content (AvgIpc) is 1.19. The van der Waals surface area contributed by atoms with E-state index in [1.54, 1.807) is 81.4 Å². The lowest BCUT2D eigenvalue weighted by atomic mass is 9.85. The third-order valence-electron chi connectivity index (χ3n) is 18.6. The van der Waals surface area contributed by atoms with Crippen LogP contribution in [-0.2, 0) is 64.0 Å². The highest BCUT2D eigenvalue weighted by Crippen LogP contribution is 2.36. The van der Waals surface area contributed by atoms with Gasteiger partial charge in [0, 0.05) is 61.2 Å². The third kappa shape index (κ3) is 17.8. The van der Waals surface area contributed by atoms with Gasteiger partial charge in [-0.05, 0) is 196 Å². The van der Waals surface area contributed by atoms with Gasteiger partial charge in [0.05, 0.1) is 12.1 Å². The number of amides is 10. The summed E-state index contributed by atoms with van der Waals surface area (Å²) in [5.41, 5.74) is 4.03. The molecule has 8 rings (SSSR count). The number of ether oxygens (including phenoxy) is 2. The number of carbonyl (C=O) groups is 10. The summed E-state index contributed by atoms with van der Waals surface area (Å²) in [6, 6.07) is 19.5. The monoisotopic (exact) mass is 1340 g/mol. The molecule has 0 spiro atoms. The van der Waals surface area contributed by atoms with Crippen LogP contribution in [0.5, 0.6) is 0 Å². The fourth-order valence-electron chi connectivity index (χ4n) is 12.6. The molecule has 1 fully saturated rings. The van der Waals surface area contributed by atoms with Gasteiger partial charge in [0.25, 0.3) is 11.8 Å². The normalized spacial score (nSPS) is 19.8. The first kappa shape index (κ1) is 73.3. The Labute approximate surface area is 569 Å². The van der Waals surface area contributed by atoms with E-state index < -0.39 is 117 Å². The average molecular weight is 1340 g/mol. The number of anilines is 1. The summed E-state index contributed by atoms with van der Waals surface area (Å²) in [5.74, 6) is -4.05. The zero-order valence-corrected chi connectivity index (χ0v) is 59.3. The Morgan fingerprint density at radius 1 is 0.552 bits per heavy atom. The van der Waals surface area contributed by atoms with E-state index in [0.717, 1.165) is 58.4 Å². The molecule has 96 heavy (non-hydrogen) atoms. The van der Waals surface area contributed by atoms with E-state index >= 15 is 9.59 Å². The van der Waals surface area contributed by atoms with Crippen LogP contribution in [0.15, 0.2) is 91.0 Å². The number of rotatable bonds is 18. The van der Waals surface area contributed by atoms with Crippen LogP contribution in [0.4, 0.5) is 15.3 Å². The van der Waals surface area contributed by atoms with Gasteiger partial charge in [-0.3, -0.25) is 48.2 Å². The second-order valence-corrected chi connectivity index (χ2v) is 31.0. The number of hydrogen-bond acceptors (Lipinski definition) is 13. The molecule has 2 aliphatic carbocycles. The minimum absolute atomic E-state index is 0.0538. The topological polar surface area (TPSA) is 274 Å². The fraction of sp³-hybridized carbons (Fsp3) is 0.534. The van der Waals surface area contributed by atoms with Crippen LogP contribution in [-0.4, -0.2) is 164 Å². The first-order chi connectivity index (χ1) is 44.9. The Kier molecular flexibility index (Phi) is 22.8. The van der Waals surface area contributed by atoms with Crippen LogP contribution >= 0.6 is 11.8 Å². The fourth-order valence-corrected chi connectivity index (χ4v) is 13.0. The Hall–Kier alpha value is -8.47. The van der Waals surface area contributed by atoms with Gasteiger partial charge < -0.3 is 51.2 Å². The molecule has 4 aromatic carbocycles. The van der Waals surface area contributed by atoms with Crippen molar-refractivity contribution in [2.24, 2.45) is 5.41 Å². The van der Waals surface area contributed by atoms with Crippen LogP contribution < -0.4 is 31.9 Å². The summed E-state index contributed by atoms with van der Waals surface area (Å²) in [7, 11) is 2.89. The van der Waals surface area contributed by atoms with E-state index in [-0.39, 0.29) is 55.0 Å². The van der Waals surface area contributed by atoms with Crippen molar-refractivity contribution in [3.05, 3.63) is 136 Å². The van der Waals surface area contributed by atoms with Gasteiger partial charge in [0.15, 0.2) is 0 Å². The molecule has 22 nitrogen and oxygen atoms in total. The largest absolute Gasteiger partial charge is 0.444 e. The van der Waals surface area contributed by atoms with E-state index in [2.05, 4.69) is 38.0 Å². The van der Waals surface area contributed by atoms with E-state index in [4.69, 9.17) is 9.47 Å². The lowest BCUT2D eigenvalue weighted by Gasteiger charge is -2.42. The van der Waals surface area contributed by atoms with E-state index in [1.165, 1.54) is 71.7 Å². The molecule has 0 radical (unpaired) electrons. The molecule has 0 aromatic heterocycles. The summed E-state index contributed by atoms with van der Waals surface area (Å²) >= 11 is 1.36. The molecule has 4 aromatic rings. The number of nitrogens with one attached hydrogen (secondary N) is 6. The van der Waals surface area contributed by atoms with Crippen molar-refractivity contribution < 1.29 is 57.4 Å². The minimum atomic E-state index is -1.18.